The van der Waals surface area contributed by atoms with E-state index >= 15 is 0 Å². The molecule has 0 atom stereocenters. The maximum absolute atomic E-state index is 12.9. The fourth-order valence-electron chi connectivity index (χ4n) is 3.57. The summed E-state index contributed by atoms with van der Waals surface area (Å²) in [5.41, 5.74) is 0.795. The fraction of sp³-hybridized carbons (Fsp3) is 0.500. The van der Waals surface area contributed by atoms with Crippen molar-refractivity contribution >= 4 is 22.7 Å². The molecule has 0 fully saturated rings. The highest BCUT2D eigenvalue weighted by Gasteiger charge is 2.30. The number of rotatable bonds is 13. The zero-order chi connectivity index (χ0) is 23.7. The van der Waals surface area contributed by atoms with Gasteiger partial charge in [0.25, 0.3) is 0 Å². The summed E-state index contributed by atoms with van der Waals surface area (Å²) in [6, 6.07) is 5.66. The number of alkyl halides is 3. The van der Waals surface area contributed by atoms with Gasteiger partial charge in [-0.25, -0.2) is 4.98 Å². The first-order chi connectivity index (χ1) is 15.9. The van der Waals surface area contributed by atoms with Crippen molar-refractivity contribution in [3.63, 3.8) is 0 Å². The number of pyridine rings is 1. The highest BCUT2D eigenvalue weighted by molar-refractivity contribution is 7.99. The van der Waals surface area contributed by atoms with Gasteiger partial charge in [-0.05, 0) is 43.8 Å². The number of unbranched alkanes of at least 4 members (excludes halogenated alkanes) is 3. The molecule has 3 aromatic rings. The largest absolute Gasteiger partial charge is 0.416 e. The number of imidazole rings is 1. The highest BCUT2D eigenvalue weighted by Crippen LogP contribution is 2.33. The smallest absolute Gasteiger partial charge is 0.383 e. The molecule has 5 nitrogen and oxygen atoms in total. The molecule has 0 aliphatic rings. The molecule has 180 valence electrons. The van der Waals surface area contributed by atoms with Gasteiger partial charge in [0.05, 0.1) is 29.7 Å². The zero-order valence-electron chi connectivity index (χ0n) is 19.1. The first-order valence-electron chi connectivity index (χ1n) is 11.1. The third-order valence-electron chi connectivity index (χ3n) is 5.39. The van der Waals surface area contributed by atoms with E-state index in [0.29, 0.717) is 12.1 Å². The minimum Gasteiger partial charge on any atom is -0.383 e. The monoisotopic (exact) mass is 480 g/mol. The second-order valence-corrected chi connectivity index (χ2v) is 9.27. The fourth-order valence-corrected chi connectivity index (χ4v) is 4.62. The second kappa shape index (κ2) is 12.4. The Labute approximate surface area is 197 Å². The lowest BCUT2D eigenvalue weighted by Gasteiger charge is -2.13. The number of methoxy groups -OCH3 is 1. The Hall–Kier alpha value is -2.10. The molecule has 0 unspecified atom stereocenters. The van der Waals surface area contributed by atoms with Crippen LogP contribution in [0.2, 0.25) is 0 Å². The molecule has 2 heterocycles. The number of ether oxygens (including phenoxy) is 1. The topological polar surface area (TPSA) is 43.2 Å². The third-order valence-corrected chi connectivity index (χ3v) is 6.55. The number of halogens is 3. The van der Waals surface area contributed by atoms with Crippen LogP contribution < -0.4 is 0 Å². The van der Waals surface area contributed by atoms with Gasteiger partial charge in [0.2, 0.25) is 0 Å². The maximum Gasteiger partial charge on any atom is 0.416 e. The summed E-state index contributed by atoms with van der Waals surface area (Å²) in [6.07, 6.45) is 5.65. The van der Waals surface area contributed by atoms with E-state index in [0.717, 1.165) is 79.2 Å². The minimum absolute atomic E-state index is 0.388. The quantitative estimate of drug-likeness (QED) is 0.226. The summed E-state index contributed by atoms with van der Waals surface area (Å²) < 4.78 is 46.0. The summed E-state index contributed by atoms with van der Waals surface area (Å²) in [6.45, 7) is 3.37. The molecule has 33 heavy (non-hydrogen) atoms. The summed E-state index contributed by atoms with van der Waals surface area (Å²) >= 11 is 1.68. The van der Waals surface area contributed by atoms with Crippen molar-refractivity contribution < 1.29 is 17.9 Å². The lowest BCUT2D eigenvalue weighted by Crippen LogP contribution is -2.22. The first kappa shape index (κ1) is 25.5. The average molecular weight is 481 g/mol. The molecule has 0 aliphatic carbocycles. The van der Waals surface area contributed by atoms with Crippen LogP contribution in [0.1, 0.15) is 36.9 Å². The Morgan fingerprint density at radius 1 is 1.09 bits per heavy atom. The lowest BCUT2D eigenvalue weighted by atomic mass is 10.1. The third kappa shape index (κ3) is 8.01. The lowest BCUT2D eigenvalue weighted by molar-refractivity contribution is -0.137. The van der Waals surface area contributed by atoms with Gasteiger partial charge in [-0.1, -0.05) is 18.9 Å². The number of hydrogen-bond donors (Lipinski definition) is 0. The minimum atomic E-state index is -4.35. The van der Waals surface area contributed by atoms with Gasteiger partial charge < -0.3 is 9.30 Å². The van der Waals surface area contributed by atoms with Crippen molar-refractivity contribution in [1.29, 1.82) is 0 Å². The summed E-state index contributed by atoms with van der Waals surface area (Å²) in [5, 5.41) is 0.777. The summed E-state index contributed by atoms with van der Waals surface area (Å²) in [5.74, 6) is 0.934. The van der Waals surface area contributed by atoms with E-state index in [4.69, 9.17) is 4.74 Å². The number of aryl methyl sites for hydroxylation is 1. The van der Waals surface area contributed by atoms with Crippen LogP contribution in [0.3, 0.4) is 0 Å². The Balaban J connectivity index is 1.36. The van der Waals surface area contributed by atoms with Gasteiger partial charge in [-0.3, -0.25) is 9.88 Å². The van der Waals surface area contributed by atoms with E-state index in [1.165, 1.54) is 6.07 Å². The number of nitrogens with zero attached hydrogens (tertiary/aromatic N) is 4. The Kier molecular flexibility index (Phi) is 9.58. The van der Waals surface area contributed by atoms with Crippen molar-refractivity contribution in [2.75, 3.05) is 33.1 Å². The maximum atomic E-state index is 12.9. The van der Waals surface area contributed by atoms with Crippen LogP contribution in [-0.4, -0.2) is 52.5 Å². The van der Waals surface area contributed by atoms with Crippen molar-refractivity contribution in [1.82, 2.24) is 19.4 Å². The van der Waals surface area contributed by atoms with Crippen LogP contribution in [0.4, 0.5) is 13.2 Å². The molecular weight excluding hydrogens is 449 g/mol. The predicted octanol–water partition coefficient (Wildman–Crippen LogP) is 5.88. The van der Waals surface area contributed by atoms with Crippen LogP contribution >= 0.6 is 11.8 Å². The van der Waals surface area contributed by atoms with Crippen LogP contribution in [-0.2, 0) is 24.0 Å². The molecule has 2 aromatic heterocycles. The van der Waals surface area contributed by atoms with Crippen molar-refractivity contribution in [3.05, 3.63) is 54.2 Å². The molecule has 0 amide bonds. The Morgan fingerprint density at radius 2 is 1.91 bits per heavy atom. The van der Waals surface area contributed by atoms with Gasteiger partial charge in [0.15, 0.2) is 0 Å². The van der Waals surface area contributed by atoms with E-state index in [9.17, 15) is 13.2 Å². The van der Waals surface area contributed by atoms with Crippen LogP contribution in [0.15, 0.2) is 47.9 Å². The normalized spacial score (nSPS) is 12.2. The number of aromatic nitrogens is 3. The molecule has 0 N–H and O–H groups in total. The number of hydrogen-bond acceptors (Lipinski definition) is 5. The number of fused-ring (bicyclic) bond motifs is 1. The molecule has 1 aromatic carbocycles. The SMILES string of the molecule is COCCN(C)Cc1cn(CCCCCCSc2ccnc3cc(C(F)(F)F)ccc23)cn1. The Morgan fingerprint density at radius 3 is 2.70 bits per heavy atom. The van der Waals surface area contributed by atoms with E-state index in [1.807, 2.05) is 12.4 Å². The van der Waals surface area contributed by atoms with Gasteiger partial charge in [0, 0.05) is 49.4 Å². The van der Waals surface area contributed by atoms with Crippen LogP contribution in [0.25, 0.3) is 10.9 Å². The van der Waals surface area contributed by atoms with E-state index in [1.54, 1.807) is 25.1 Å². The molecule has 0 saturated carbocycles. The summed E-state index contributed by atoms with van der Waals surface area (Å²) in [7, 11) is 3.77. The van der Waals surface area contributed by atoms with Gasteiger partial charge >= 0.3 is 6.18 Å². The molecular formula is C24H31F3N4OS. The number of thioether (sulfide) groups is 1. The van der Waals surface area contributed by atoms with Crippen molar-refractivity contribution in [3.8, 4) is 0 Å². The average Bonchev–Trinajstić information content (AvgIpc) is 3.23. The highest BCUT2D eigenvalue weighted by atomic mass is 32.2. The molecule has 0 bridgehead atoms. The predicted molar refractivity (Wildman–Crippen MR) is 126 cm³/mol. The van der Waals surface area contributed by atoms with Gasteiger partial charge in [-0.2, -0.15) is 13.2 Å². The van der Waals surface area contributed by atoms with Crippen LogP contribution in [0.5, 0.6) is 0 Å². The van der Waals surface area contributed by atoms with E-state index < -0.39 is 11.7 Å². The van der Waals surface area contributed by atoms with Gasteiger partial charge in [-0.15, -0.1) is 11.8 Å². The van der Waals surface area contributed by atoms with E-state index in [-0.39, 0.29) is 0 Å². The van der Waals surface area contributed by atoms with Crippen molar-refractivity contribution in [2.24, 2.45) is 0 Å². The van der Waals surface area contributed by atoms with Gasteiger partial charge in [0.1, 0.15) is 0 Å². The van der Waals surface area contributed by atoms with Crippen molar-refractivity contribution in [2.45, 2.75) is 49.8 Å². The summed E-state index contributed by atoms with van der Waals surface area (Å²) in [4.78, 5) is 11.8. The Bertz CT molecular complexity index is 1010. The van der Waals surface area contributed by atoms with E-state index in [2.05, 4.69) is 32.7 Å². The second-order valence-electron chi connectivity index (χ2n) is 8.13. The molecule has 0 radical (unpaired) electrons. The molecule has 3 rings (SSSR count). The zero-order valence-corrected chi connectivity index (χ0v) is 20.0. The molecule has 0 saturated heterocycles. The first-order valence-corrected chi connectivity index (χ1v) is 12.1. The molecule has 9 heteroatoms. The number of benzene rings is 1. The van der Waals surface area contributed by atoms with Crippen LogP contribution in [0, 0.1) is 0 Å². The molecule has 0 aliphatic heterocycles. The standard InChI is InChI=1S/C24H31F3N4OS/c1-30(12-13-32-2)16-20-17-31(18-29-20)11-5-3-4-6-14-33-23-9-10-28-22-15-19(24(25,26)27)7-8-21(22)23/h7-10,15,17-18H,3-6,11-14,16H2,1-2H3. The number of likely N-dealkylation sites (N-methyl/N-ethyl adjacent to an activating group) is 1. The molecule has 0 spiro atoms.